The quantitative estimate of drug-likeness (QED) is 0.526. The van der Waals surface area contributed by atoms with E-state index in [1.165, 1.54) is 19.4 Å². The Kier molecular flexibility index (Phi) is 1.86. The summed E-state index contributed by atoms with van der Waals surface area (Å²) in [5.74, 6) is 0. The molecule has 0 aromatic heterocycles. The molecule has 0 bridgehead atoms. The molecular formula is C6H14N2. The Morgan fingerprint density at radius 3 is 2.62 bits per heavy atom. The van der Waals surface area contributed by atoms with Gasteiger partial charge in [-0.2, -0.15) is 0 Å². The molecule has 0 spiro atoms. The summed E-state index contributed by atoms with van der Waals surface area (Å²) in [5, 5.41) is 3.24. The molecule has 1 unspecified atom stereocenters. The Labute approximate surface area is 50.9 Å². The molecule has 0 radical (unpaired) electrons. The molecule has 1 atom stereocenters. The van der Waals surface area contributed by atoms with Crippen molar-refractivity contribution in [2.75, 3.05) is 20.6 Å². The van der Waals surface area contributed by atoms with Gasteiger partial charge in [-0.05, 0) is 33.5 Å². The molecule has 1 rings (SSSR count). The molecule has 0 amide bonds. The van der Waals surface area contributed by atoms with Crippen molar-refractivity contribution >= 4 is 0 Å². The molecule has 0 saturated carbocycles. The van der Waals surface area contributed by atoms with Crippen molar-refractivity contribution in [3.8, 4) is 0 Å². The highest BCUT2D eigenvalue weighted by Crippen LogP contribution is 2.10. The van der Waals surface area contributed by atoms with Crippen molar-refractivity contribution in [3.05, 3.63) is 0 Å². The van der Waals surface area contributed by atoms with E-state index in [0.29, 0.717) is 6.17 Å². The van der Waals surface area contributed by atoms with Gasteiger partial charge in [-0.25, -0.2) is 0 Å². The van der Waals surface area contributed by atoms with Gasteiger partial charge < -0.3 is 5.32 Å². The van der Waals surface area contributed by atoms with Gasteiger partial charge in [0.15, 0.2) is 0 Å². The third kappa shape index (κ3) is 1.01. The van der Waals surface area contributed by atoms with Gasteiger partial charge in [0, 0.05) is 0 Å². The third-order valence-corrected chi connectivity index (χ3v) is 1.85. The fourth-order valence-corrected chi connectivity index (χ4v) is 1.27. The van der Waals surface area contributed by atoms with Crippen molar-refractivity contribution in [2.24, 2.45) is 0 Å². The van der Waals surface area contributed by atoms with E-state index in [1.54, 1.807) is 0 Å². The van der Waals surface area contributed by atoms with E-state index in [4.69, 9.17) is 0 Å². The molecule has 2 nitrogen and oxygen atoms in total. The van der Waals surface area contributed by atoms with Crippen LogP contribution in [0.3, 0.4) is 0 Å². The van der Waals surface area contributed by atoms with Gasteiger partial charge in [-0.15, -0.1) is 0 Å². The molecule has 8 heavy (non-hydrogen) atoms. The van der Waals surface area contributed by atoms with Crippen LogP contribution in [0.5, 0.6) is 0 Å². The molecule has 0 aromatic rings. The lowest BCUT2D eigenvalue weighted by atomic mass is 10.3. The van der Waals surface area contributed by atoms with Crippen LogP contribution in [0, 0.1) is 0 Å². The first-order valence-electron chi connectivity index (χ1n) is 3.22. The molecule has 1 aliphatic rings. The van der Waals surface area contributed by atoms with Crippen LogP contribution in [0.2, 0.25) is 0 Å². The van der Waals surface area contributed by atoms with Gasteiger partial charge in [0.25, 0.3) is 0 Å². The Balaban J connectivity index is 2.30. The van der Waals surface area contributed by atoms with Crippen LogP contribution in [0.4, 0.5) is 0 Å². The average molecular weight is 114 g/mol. The lowest BCUT2D eigenvalue weighted by Gasteiger charge is -2.17. The molecule has 0 aromatic carbocycles. The molecular weight excluding hydrogens is 100 g/mol. The molecule has 48 valence electrons. The Bertz CT molecular complexity index is 72.9. The molecule has 1 saturated heterocycles. The van der Waals surface area contributed by atoms with E-state index in [0.717, 1.165) is 0 Å². The zero-order valence-electron chi connectivity index (χ0n) is 5.65. The molecule has 1 N–H and O–H groups in total. The summed E-state index contributed by atoms with van der Waals surface area (Å²) in [5.41, 5.74) is 0. The van der Waals surface area contributed by atoms with Crippen LogP contribution in [-0.4, -0.2) is 31.7 Å². The lowest BCUT2D eigenvalue weighted by Crippen LogP contribution is -2.35. The first kappa shape index (κ1) is 6.05. The highest BCUT2D eigenvalue weighted by atomic mass is 15.3. The number of hydrogen-bond acceptors (Lipinski definition) is 2. The van der Waals surface area contributed by atoms with E-state index >= 15 is 0 Å². The normalized spacial score (nSPS) is 31.5. The van der Waals surface area contributed by atoms with Gasteiger partial charge >= 0.3 is 0 Å². The van der Waals surface area contributed by atoms with E-state index < -0.39 is 0 Å². The SMILES string of the molecule is CNC1CCCN1C. The summed E-state index contributed by atoms with van der Waals surface area (Å²) >= 11 is 0. The summed E-state index contributed by atoms with van der Waals surface area (Å²) in [6.07, 6.45) is 3.31. The standard InChI is InChI=1S/C6H14N2/c1-7-6-4-3-5-8(6)2/h6-7H,3-5H2,1-2H3. The van der Waals surface area contributed by atoms with E-state index in [2.05, 4.69) is 17.3 Å². The first-order chi connectivity index (χ1) is 3.84. The molecule has 1 heterocycles. The van der Waals surface area contributed by atoms with Crippen LogP contribution >= 0.6 is 0 Å². The second kappa shape index (κ2) is 2.46. The summed E-state index contributed by atoms with van der Waals surface area (Å²) in [7, 11) is 4.18. The molecule has 2 heteroatoms. The van der Waals surface area contributed by atoms with Gasteiger partial charge in [0.2, 0.25) is 0 Å². The van der Waals surface area contributed by atoms with Crippen molar-refractivity contribution in [2.45, 2.75) is 19.0 Å². The highest BCUT2D eigenvalue weighted by Gasteiger charge is 2.17. The fraction of sp³-hybridized carbons (Fsp3) is 1.00. The maximum Gasteiger partial charge on any atom is 0.0592 e. The fourth-order valence-electron chi connectivity index (χ4n) is 1.27. The van der Waals surface area contributed by atoms with Crippen molar-refractivity contribution in [1.82, 2.24) is 10.2 Å². The predicted molar refractivity (Wildman–Crippen MR) is 34.7 cm³/mol. The average Bonchev–Trinajstić information content (AvgIpc) is 2.14. The maximum absolute atomic E-state index is 3.24. The van der Waals surface area contributed by atoms with E-state index in [9.17, 15) is 0 Å². The second-order valence-electron chi connectivity index (χ2n) is 2.43. The zero-order valence-corrected chi connectivity index (χ0v) is 5.65. The van der Waals surface area contributed by atoms with Gasteiger partial charge in [0.05, 0.1) is 6.17 Å². The summed E-state index contributed by atoms with van der Waals surface area (Å²) in [4.78, 5) is 2.35. The second-order valence-corrected chi connectivity index (χ2v) is 2.43. The van der Waals surface area contributed by atoms with Crippen LogP contribution in [-0.2, 0) is 0 Å². The third-order valence-electron chi connectivity index (χ3n) is 1.85. The van der Waals surface area contributed by atoms with E-state index in [-0.39, 0.29) is 0 Å². The number of nitrogens with one attached hydrogen (secondary N) is 1. The van der Waals surface area contributed by atoms with Gasteiger partial charge in [0.1, 0.15) is 0 Å². The monoisotopic (exact) mass is 114 g/mol. The predicted octanol–water partition coefficient (Wildman–Crippen LogP) is 0.257. The van der Waals surface area contributed by atoms with Crippen molar-refractivity contribution in [3.63, 3.8) is 0 Å². The van der Waals surface area contributed by atoms with Crippen LogP contribution < -0.4 is 5.32 Å². The van der Waals surface area contributed by atoms with Crippen molar-refractivity contribution in [1.29, 1.82) is 0 Å². The Hall–Kier alpha value is -0.0800. The minimum absolute atomic E-state index is 0.648. The van der Waals surface area contributed by atoms with Crippen molar-refractivity contribution < 1.29 is 0 Å². The van der Waals surface area contributed by atoms with Gasteiger partial charge in [-0.1, -0.05) is 0 Å². The zero-order chi connectivity index (χ0) is 5.98. The number of hydrogen-bond donors (Lipinski definition) is 1. The summed E-state index contributed by atoms with van der Waals surface area (Å²) < 4.78 is 0. The lowest BCUT2D eigenvalue weighted by molar-refractivity contribution is 0.279. The Morgan fingerprint density at radius 2 is 2.38 bits per heavy atom. The minimum Gasteiger partial charge on any atom is -0.305 e. The molecule has 0 aliphatic carbocycles. The molecule has 1 aliphatic heterocycles. The maximum atomic E-state index is 3.24. The van der Waals surface area contributed by atoms with E-state index in [1.807, 2.05) is 7.05 Å². The first-order valence-corrected chi connectivity index (χ1v) is 3.22. The number of likely N-dealkylation sites (tertiary alicyclic amines) is 1. The Morgan fingerprint density at radius 1 is 1.62 bits per heavy atom. The minimum atomic E-state index is 0.648. The molecule has 1 fully saturated rings. The van der Waals surface area contributed by atoms with Crippen LogP contribution in [0.1, 0.15) is 12.8 Å². The number of nitrogens with zero attached hydrogens (tertiary/aromatic N) is 1. The van der Waals surface area contributed by atoms with Gasteiger partial charge in [-0.3, -0.25) is 4.90 Å². The summed E-state index contributed by atoms with van der Waals surface area (Å²) in [6, 6.07) is 0. The largest absolute Gasteiger partial charge is 0.305 e. The van der Waals surface area contributed by atoms with Crippen LogP contribution in [0.15, 0.2) is 0 Å². The highest BCUT2D eigenvalue weighted by molar-refractivity contribution is 4.71. The van der Waals surface area contributed by atoms with Crippen LogP contribution in [0.25, 0.3) is 0 Å². The number of rotatable bonds is 1. The smallest absolute Gasteiger partial charge is 0.0592 e. The topological polar surface area (TPSA) is 15.3 Å². The summed E-state index contributed by atoms with van der Waals surface area (Å²) in [6.45, 7) is 1.26.